The highest BCUT2D eigenvalue weighted by atomic mass is 16.1. The van der Waals surface area contributed by atoms with Crippen LogP contribution in [0.4, 0.5) is 5.69 Å². The molecule has 1 fully saturated rings. The third-order valence-corrected chi connectivity index (χ3v) is 6.61. The highest BCUT2D eigenvalue weighted by Gasteiger charge is 2.19. The fraction of sp³-hybridized carbons (Fsp3) is 0.333. The third kappa shape index (κ3) is 2.75. The Morgan fingerprint density at radius 2 is 1.87 bits per heavy atom. The van der Waals surface area contributed by atoms with Gasteiger partial charge in [-0.3, -0.25) is 4.79 Å². The normalized spacial score (nSPS) is 17.2. The maximum atomic E-state index is 13.3. The minimum Gasteiger partial charge on any atom is -0.369 e. The molecule has 2 aromatic heterocycles. The first kappa shape index (κ1) is 17.7. The molecule has 0 unspecified atom stereocenters. The van der Waals surface area contributed by atoms with Crippen LogP contribution in [0.25, 0.3) is 33.3 Å². The number of para-hydroxylation sites is 1. The molecule has 0 bridgehead atoms. The van der Waals surface area contributed by atoms with Crippen LogP contribution in [0.2, 0.25) is 0 Å². The predicted octanol–water partition coefficient (Wildman–Crippen LogP) is 3.24. The molecule has 0 spiro atoms. The fourth-order valence-electron chi connectivity index (χ4n) is 4.92. The van der Waals surface area contributed by atoms with Gasteiger partial charge in [0, 0.05) is 38.4 Å². The largest absolute Gasteiger partial charge is 0.369 e. The number of likely N-dealkylation sites (N-methyl/N-ethyl adjacent to an activating group) is 1. The smallest absolute Gasteiger partial charge is 0.262 e. The van der Waals surface area contributed by atoms with Gasteiger partial charge in [-0.1, -0.05) is 18.2 Å². The first-order chi connectivity index (χ1) is 14.7. The van der Waals surface area contributed by atoms with E-state index in [4.69, 9.17) is 4.98 Å². The molecule has 1 N–H and O–H groups in total. The zero-order valence-corrected chi connectivity index (χ0v) is 17.2. The van der Waals surface area contributed by atoms with Gasteiger partial charge in [0.1, 0.15) is 5.82 Å². The lowest BCUT2D eigenvalue weighted by molar-refractivity contribution is 0.313. The third-order valence-electron chi connectivity index (χ3n) is 6.61. The van der Waals surface area contributed by atoms with Crippen molar-refractivity contribution >= 4 is 27.6 Å². The van der Waals surface area contributed by atoms with E-state index in [0.717, 1.165) is 67.5 Å². The van der Waals surface area contributed by atoms with Crippen LogP contribution in [0.1, 0.15) is 12.0 Å². The Kier molecular flexibility index (Phi) is 3.96. The van der Waals surface area contributed by atoms with Crippen molar-refractivity contribution in [2.45, 2.75) is 19.4 Å². The summed E-state index contributed by atoms with van der Waals surface area (Å²) in [5, 5.41) is 1.11. The maximum absolute atomic E-state index is 13.3. The van der Waals surface area contributed by atoms with E-state index in [0.29, 0.717) is 11.4 Å². The predicted molar refractivity (Wildman–Crippen MR) is 121 cm³/mol. The van der Waals surface area contributed by atoms with E-state index in [-0.39, 0.29) is 5.56 Å². The standard InChI is InChI=1S/C24H25N5O/c1-27-10-12-28(13-11-27)18-7-8-20-21(15-18)26-23(25-20)19-14-17-5-2-4-16-6-3-9-29(22(16)17)24(19)30/h2,4-5,7-8,14-15H,3,6,9-13H2,1H3,(H,25,26). The number of aryl methyl sites for hydroxylation is 2. The number of anilines is 1. The summed E-state index contributed by atoms with van der Waals surface area (Å²) in [7, 11) is 2.17. The van der Waals surface area contributed by atoms with Crippen LogP contribution in [0.15, 0.2) is 47.3 Å². The average Bonchev–Trinajstić information content (AvgIpc) is 3.20. The van der Waals surface area contributed by atoms with Gasteiger partial charge in [-0.05, 0) is 55.1 Å². The highest BCUT2D eigenvalue weighted by Crippen LogP contribution is 2.28. The maximum Gasteiger partial charge on any atom is 0.262 e. The number of nitrogens with zero attached hydrogens (tertiary/aromatic N) is 4. The van der Waals surface area contributed by atoms with Gasteiger partial charge in [0.15, 0.2) is 0 Å². The van der Waals surface area contributed by atoms with Gasteiger partial charge < -0.3 is 19.4 Å². The molecule has 0 aliphatic carbocycles. The highest BCUT2D eigenvalue weighted by molar-refractivity contribution is 5.88. The average molecular weight is 399 g/mol. The van der Waals surface area contributed by atoms with Crippen LogP contribution in [0.3, 0.4) is 0 Å². The zero-order valence-electron chi connectivity index (χ0n) is 17.2. The number of aromatic nitrogens is 3. The summed E-state index contributed by atoms with van der Waals surface area (Å²) in [6, 6.07) is 14.7. The number of H-pyrrole nitrogens is 1. The molecule has 2 aromatic carbocycles. The lowest BCUT2D eigenvalue weighted by Crippen LogP contribution is -2.44. The molecule has 6 heteroatoms. The topological polar surface area (TPSA) is 57.2 Å². The second-order valence-electron chi connectivity index (χ2n) is 8.55. The minimum absolute atomic E-state index is 0.0491. The van der Waals surface area contributed by atoms with E-state index in [9.17, 15) is 4.79 Å². The van der Waals surface area contributed by atoms with Gasteiger partial charge >= 0.3 is 0 Å². The Hall–Kier alpha value is -3.12. The molecule has 2 aliphatic rings. The summed E-state index contributed by atoms with van der Waals surface area (Å²) in [5.41, 5.74) is 6.14. The van der Waals surface area contributed by atoms with Gasteiger partial charge in [-0.25, -0.2) is 4.98 Å². The van der Waals surface area contributed by atoms with Crippen LogP contribution in [0, 0.1) is 0 Å². The van der Waals surface area contributed by atoms with Gasteiger partial charge in [-0.2, -0.15) is 0 Å². The molecule has 2 aliphatic heterocycles. The summed E-state index contributed by atoms with van der Waals surface area (Å²) in [6.07, 6.45) is 2.04. The quantitative estimate of drug-likeness (QED) is 0.562. The van der Waals surface area contributed by atoms with Gasteiger partial charge in [0.25, 0.3) is 5.56 Å². The number of piperazine rings is 1. The van der Waals surface area contributed by atoms with Crippen LogP contribution in [-0.4, -0.2) is 52.7 Å². The van der Waals surface area contributed by atoms with E-state index in [1.165, 1.54) is 11.3 Å². The van der Waals surface area contributed by atoms with E-state index >= 15 is 0 Å². The zero-order chi connectivity index (χ0) is 20.2. The molecule has 6 nitrogen and oxygen atoms in total. The van der Waals surface area contributed by atoms with Crippen molar-refractivity contribution in [3.63, 3.8) is 0 Å². The van der Waals surface area contributed by atoms with Crippen molar-refractivity contribution in [1.82, 2.24) is 19.4 Å². The first-order valence-corrected chi connectivity index (χ1v) is 10.8. The molecule has 0 amide bonds. The molecule has 0 saturated carbocycles. The number of imidazole rings is 1. The first-order valence-electron chi connectivity index (χ1n) is 10.8. The Labute approximate surface area is 174 Å². The van der Waals surface area contributed by atoms with Crippen molar-refractivity contribution in [1.29, 1.82) is 0 Å². The summed E-state index contributed by atoms with van der Waals surface area (Å²) in [5.74, 6) is 0.659. The molecule has 6 rings (SSSR count). The summed E-state index contributed by atoms with van der Waals surface area (Å²) < 4.78 is 1.94. The lowest BCUT2D eigenvalue weighted by Gasteiger charge is -2.34. The molecule has 4 aromatic rings. The Balaban J connectivity index is 1.45. The number of benzene rings is 2. The van der Waals surface area contributed by atoms with Crippen molar-refractivity contribution in [3.05, 3.63) is 58.4 Å². The van der Waals surface area contributed by atoms with Crippen LogP contribution in [0.5, 0.6) is 0 Å². The van der Waals surface area contributed by atoms with E-state index in [1.807, 2.05) is 10.6 Å². The summed E-state index contributed by atoms with van der Waals surface area (Å²) in [6.45, 7) is 4.98. The number of hydrogen-bond acceptors (Lipinski definition) is 4. The number of nitrogens with one attached hydrogen (secondary N) is 1. The van der Waals surface area contributed by atoms with Crippen LogP contribution >= 0.6 is 0 Å². The van der Waals surface area contributed by atoms with Gasteiger partial charge in [0.05, 0.1) is 22.1 Å². The number of pyridine rings is 1. The van der Waals surface area contributed by atoms with Crippen molar-refractivity contribution in [3.8, 4) is 11.4 Å². The van der Waals surface area contributed by atoms with E-state index < -0.39 is 0 Å². The minimum atomic E-state index is 0.0491. The molecule has 1 saturated heterocycles. The number of fused-ring (bicyclic) bond motifs is 1. The summed E-state index contributed by atoms with van der Waals surface area (Å²) >= 11 is 0. The molecule has 4 heterocycles. The van der Waals surface area contributed by atoms with Crippen molar-refractivity contribution in [2.75, 3.05) is 38.1 Å². The van der Waals surface area contributed by atoms with Crippen LogP contribution in [-0.2, 0) is 13.0 Å². The van der Waals surface area contributed by atoms with Crippen molar-refractivity contribution in [2.24, 2.45) is 0 Å². The Morgan fingerprint density at radius 1 is 1.00 bits per heavy atom. The molecule has 30 heavy (non-hydrogen) atoms. The van der Waals surface area contributed by atoms with Crippen molar-refractivity contribution < 1.29 is 0 Å². The summed E-state index contributed by atoms with van der Waals surface area (Å²) in [4.78, 5) is 26.3. The SMILES string of the molecule is CN1CCN(c2ccc3nc(-c4cc5cccc6c5n(c4=O)CCC6)[nH]c3c2)CC1. The fourth-order valence-corrected chi connectivity index (χ4v) is 4.92. The number of rotatable bonds is 2. The lowest BCUT2D eigenvalue weighted by atomic mass is 10.00. The van der Waals surface area contributed by atoms with Gasteiger partial charge in [-0.15, -0.1) is 0 Å². The second-order valence-corrected chi connectivity index (χ2v) is 8.55. The Bertz CT molecular complexity index is 1330. The van der Waals surface area contributed by atoms with Crippen LogP contribution < -0.4 is 10.5 Å². The Morgan fingerprint density at radius 3 is 2.73 bits per heavy atom. The molecule has 0 radical (unpaired) electrons. The molecular weight excluding hydrogens is 374 g/mol. The second kappa shape index (κ2) is 6.71. The molecular formula is C24H25N5O. The monoisotopic (exact) mass is 399 g/mol. The number of hydrogen-bond donors (Lipinski definition) is 1. The van der Waals surface area contributed by atoms with Gasteiger partial charge in [0.2, 0.25) is 0 Å². The molecule has 0 atom stereocenters. The van der Waals surface area contributed by atoms with E-state index in [1.54, 1.807) is 0 Å². The van der Waals surface area contributed by atoms with E-state index in [2.05, 4.69) is 58.2 Å². The number of aromatic amines is 1. The molecule has 152 valence electrons.